The molecule has 5 nitrogen and oxygen atoms in total. The molecular formula is C15H12Cl2N2O3. The van der Waals surface area contributed by atoms with E-state index in [9.17, 15) is 14.9 Å². The Hall–Kier alpha value is -2.11. The topological polar surface area (TPSA) is 72.2 Å². The number of nitro groups is 1. The van der Waals surface area contributed by atoms with E-state index in [0.29, 0.717) is 15.6 Å². The number of hydrogen-bond acceptors (Lipinski definition) is 3. The molecule has 1 N–H and O–H groups in total. The number of benzene rings is 2. The summed E-state index contributed by atoms with van der Waals surface area (Å²) >= 11 is 11.8. The third-order valence-corrected chi connectivity index (χ3v) is 3.87. The van der Waals surface area contributed by atoms with Gasteiger partial charge < -0.3 is 5.32 Å². The summed E-state index contributed by atoms with van der Waals surface area (Å²) in [4.78, 5) is 22.2. The van der Waals surface area contributed by atoms with E-state index in [0.717, 1.165) is 5.56 Å². The fourth-order valence-corrected chi connectivity index (χ4v) is 2.19. The summed E-state index contributed by atoms with van der Waals surface area (Å²) < 4.78 is 0. The van der Waals surface area contributed by atoms with Crippen LogP contribution in [0.1, 0.15) is 28.9 Å². The molecule has 1 amide bonds. The summed E-state index contributed by atoms with van der Waals surface area (Å²) in [6.45, 7) is 1.81. The minimum absolute atomic E-state index is 0.0610. The monoisotopic (exact) mass is 338 g/mol. The molecule has 0 spiro atoms. The van der Waals surface area contributed by atoms with Crippen molar-refractivity contribution in [1.29, 1.82) is 0 Å². The van der Waals surface area contributed by atoms with E-state index in [-0.39, 0.29) is 17.6 Å². The van der Waals surface area contributed by atoms with E-state index in [2.05, 4.69) is 5.32 Å². The van der Waals surface area contributed by atoms with Crippen molar-refractivity contribution in [1.82, 2.24) is 5.32 Å². The summed E-state index contributed by atoms with van der Waals surface area (Å²) in [5, 5.41) is 14.2. The van der Waals surface area contributed by atoms with Crippen molar-refractivity contribution in [3.05, 3.63) is 73.8 Å². The van der Waals surface area contributed by atoms with Gasteiger partial charge in [0.25, 0.3) is 11.6 Å². The van der Waals surface area contributed by atoms with Crippen molar-refractivity contribution >= 4 is 34.8 Å². The number of halogens is 2. The predicted octanol–water partition coefficient (Wildman–Crippen LogP) is 4.39. The summed E-state index contributed by atoms with van der Waals surface area (Å²) in [5.74, 6) is -0.325. The Morgan fingerprint density at radius 3 is 2.32 bits per heavy atom. The van der Waals surface area contributed by atoms with Crippen LogP contribution in [-0.4, -0.2) is 10.8 Å². The highest BCUT2D eigenvalue weighted by Crippen LogP contribution is 2.25. The number of rotatable bonds is 4. The van der Waals surface area contributed by atoms with Gasteiger partial charge in [0.05, 0.1) is 21.0 Å². The molecule has 2 aromatic carbocycles. The van der Waals surface area contributed by atoms with Gasteiger partial charge in [-0.25, -0.2) is 0 Å². The summed E-state index contributed by atoms with van der Waals surface area (Å²) in [7, 11) is 0. The number of non-ortho nitro benzene ring substituents is 1. The molecule has 0 fully saturated rings. The SMILES string of the molecule is CC(NC(=O)c1ccc([N+](=O)[O-])cc1)c1ccc(Cl)c(Cl)c1. The second kappa shape index (κ2) is 6.77. The van der Waals surface area contributed by atoms with Crippen molar-refractivity contribution < 1.29 is 9.72 Å². The lowest BCUT2D eigenvalue weighted by atomic mass is 10.1. The fourth-order valence-electron chi connectivity index (χ4n) is 1.88. The van der Waals surface area contributed by atoms with Crippen molar-refractivity contribution in [2.45, 2.75) is 13.0 Å². The molecular weight excluding hydrogens is 327 g/mol. The first kappa shape index (κ1) is 16.3. The van der Waals surface area contributed by atoms with Crippen molar-refractivity contribution in [2.75, 3.05) is 0 Å². The van der Waals surface area contributed by atoms with Gasteiger partial charge in [-0.1, -0.05) is 29.3 Å². The second-order valence-electron chi connectivity index (χ2n) is 4.67. The molecule has 0 aliphatic rings. The first-order valence-electron chi connectivity index (χ1n) is 6.38. The van der Waals surface area contributed by atoms with Crippen LogP contribution in [0, 0.1) is 10.1 Å². The van der Waals surface area contributed by atoms with Gasteiger partial charge >= 0.3 is 0 Å². The molecule has 0 heterocycles. The zero-order valence-electron chi connectivity index (χ0n) is 11.5. The molecule has 0 bridgehead atoms. The van der Waals surface area contributed by atoms with Crippen LogP contribution in [0.3, 0.4) is 0 Å². The molecule has 2 rings (SSSR count). The first-order chi connectivity index (χ1) is 10.4. The van der Waals surface area contributed by atoms with Gasteiger partial charge in [0.1, 0.15) is 0 Å². The van der Waals surface area contributed by atoms with Crippen LogP contribution in [0.4, 0.5) is 5.69 Å². The Bertz CT molecular complexity index is 717. The molecule has 0 aromatic heterocycles. The van der Waals surface area contributed by atoms with Gasteiger partial charge in [0.15, 0.2) is 0 Å². The highest BCUT2D eigenvalue weighted by Gasteiger charge is 2.14. The van der Waals surface area contributed by atoms with Crippen molar-refractivity contribution in [2.24, 2.45) is 0 Å². The smallest absolute Gasteiger partial charge is 0.269 e. The number of carbonyl (C=O) groups excluding carboxylic acids is 1. The van der Waals surface area contributed by atoms with Crippen LogP contribution in [0.5, 0.6) is 0 Å². The number of nitrogens with zero attached hydrogens (tertiary/aromatic N) is 1. The molecule has 2 aromatic rings. The van der Waals surface area contributed by atoms with E-state index in [1.54, 1.807) is 18.2 Å². The largest absolute Gasteiger partial charge is 0.346 e. The fraction of sp³-hybridized carbons (Fsp3) is 0.133. The third-order valence-electron chi connectivity index (χ3n) is 3.13. The van der Waals surface area contributed by atoms with Gasteiger partial charge in [0.2, 0.25) is 0 Å². The Morgan fingerprint density at radius 1 is 1.14 bits per heavy atom. The lowest BCUT2D eigenvalue weighted by molar-refractivity contribution is -0.384. The molecule has 0 radical (unpaired) electrons. The third kappa shape index (κ3) is 3.75. The molecule has 114 valence electrons. The number of nitrogens with one attached hydrogen (secondary N) is 1. The van der Waals surface area contributed by atoms with Crippen LogP contribution in [-0.2, 0) is 0 Å². The Balaban J connectivity index is 2.10. The predicted molar refractivity (Wildman–Crippen MR) is 85.4 cm³/mol. The second-order valence-corrected chi connectivity index (χ2v) is 5.49. The summed E-state index contributed by atoms with van der Waals surface area (Å²) in [5.41, 5.74) is 1.09. The van der Waals surface area contributed by atoms with Crippen molar-refractivity contribution in [3.8, 4) is 0 Å². The maximum absolute atomic E-state index is 12.1. The van der Waals surface area contributed by atoms with Gasteiger partial charge in [-0.15, -0.1) is 0 Å². The number of hydrogen-bond donors (Lipinski definition) is 1. The van der Waals surface area contributed by atoms with Crippen LogP contribution in [0.2, 0.25) is 10.0 Å². The normalized spacial score (nSPS) is 11.8. The lowest BCUT2D eigenvalue weighted by Gasteiger charge is -2.15. The van der Waals surface area contributed by atoms with Crippen LogP contribution < -0.4 is 5.32 Å². The molecule has 7 heteroatoms. The van der Waals surface area contributed by atoms with Crippen LogP contribution in [0.15, 0.2) is 42.5 Å². The Kier molecular flexibility index (Phi) is 5.00. The number of nitro benzene ring substituents is 1. The molecule has 0 saturated heterocycles. The highest BCUT2D eigenvalue weighted by molar-refractivity contribution is 6.42. The zero-order valence-corrected chi connectivity index (χ0v) is 13.1. The summed E-state index contributed by atoms with van der Waals surface area (Å²) in [6, 6.07) is 10.2. The first-order valence-corrected chi connectivity index (χ1v) is 7.14. The van der Waals surface area contributed by atoms with Crippen molar-refractivity contribution in [3.63, 3.8) is 0 Å². The Labute approximate surface area is 137 Å². The van der Waals surface area contributed by atoms with E-state index in [4.69, 9.17) is 23.2 Å². The maximum Gasteiger partial charge on any atom is 0.269 e. The van der Waals surface area contributed by atoms with Crippen LogP contribution in [0.25, 0.3) is 0 Å². The lowest BCUT2D eigenvalue weighted by Crippen LogP contribution is -2.26. The average molecular weight is 339 g/mol. The molecule has 22 heavy (non-hydrogen) atoms. The van der Waals surface area contributed by atoms with Gasteiger partial charge in [0, 0.05) is 17.7 Å². The Morgan fingerprint density at radius 2 is 1.77 bits per heavy atom. The average Bonchev–Trinajstić information content (AvgIpc) is 2.50. The van der Waals surface area contributed by atoms with E-state index in [1.165, 1.54) is 24.3 Å². The highest BCUT2D eigenvalue weighted by atomic mass is 35.5. The minimum Gasteiger partial charge on any atom is -0.346 e. The van der Waals surface area contributed by atoms with Gasteiger partial charge in [-0.05, 0) is 36.8 Å². The standard InChI is InChI=1S/C15H12Cl2N2O3/c1-9(11-4-7-13(16)14(17)8-11)18-15(20)10-2-5-12(6-3-10)19(21)22/h2-9H,1H3,(H,18,20). The number of amides is 1. The molecule has 0 saturated carbocycles. The maximum atomic E-state index is 12.1. The molecule has 0 aliphatic carbocycles. The van der Waals surface area contributed by atoms with Crippen LogP contribution >= 0.6 is 23.2 Å². The molecule has 0 aliphatic heterocycles. The molecule has 1 atom stereocenters. The van der Waals surface area contributed by atoms with Gasteiger partial charge in [-0.3, -0.25) is 14.9 Å². The quantitative estimate of drug-likeness (QED) is 0.663. The minimum atomic E-state index is -0.514. The number of carbonyl (C=O) groups is 1. The van der Waals surface area contributed by atoms with Gasteiger partial charge in [-0.2, -0.15) is 0 Å². The van der Waals surface area contributed by atoms with E-state index < -0.39 is 4.92 Å². The van der Waals surface area contributed by atoms with E-state index >= 15 is 0 Å². The summed E-state index contributed by atoms with van der Waals surface area (Å²) in [6.07, 6.45) is 0. The zero-order chi connectivity index (χ0) is 16.3. The molecule has 1 unspecified atom stereocenters. The van der Waals surface area contributed by atoms with E-state index in [1.807, 2.05) is 6.92 Å².